The lowest BCUT2D eigenvalue weighted by molar-refractivity contribution is -0.154. The van der Waals surface area contributed by atoms with E-state index < -0.39 is 34.8 Å². The first kappa shape index (κ1) is 19.5. The Morgan fingerprint density at radius 2 is 1.87 bits per heavy atom. The highest BCUT2D eigenvalue weighted by Crippen LogP contribution is 2.40. The molecule has 0 spiro atoms. The minimum atomic E-state index is -1.25. The van der Waals surface area contributed by atoms with Crippen molar-refractivity contribution >= 4 is 12.1 Å². The summed E-state index contributed by atoms with van der Waals surface area (Å²) in [6.45, 7) is 14.9. The van der Waals surface area contributed by atoms with E-state index >= 15 is 0 Å². The molecule has 0 aromatic heterocycles. The first-order chi connectivity index (χ1) is 10.4. The van der Waals surface area contributed by atoms with Crippen LogP contribution in [0.4, 0.5) is 4.79 Å². The molecule has 1 rings (SSSR count). The smallest absolute Gasteiger partial charge is 0.413 e. The number of hydrogen-bond donors (Lipinski definition) is 0. The van der Waals surface area contributed by atoms with Gasteiger partial charge < -0.3 is 14.2 Å². The highest BCUT2D eigenvalue weighted by atomic mass is 16.6. The molecule has 0 unspecified atom stereocenters. The Balaban J connectivity index is 3.35. The molecule has 0 saturated carbocycles. The van der Waals surface area contributed by atoms with Gasteiger partial charge in [-0.25, -0.2) is 9.59 Å². The molecule has 0 N–H and O–H groups in total. The molecule has 1 aliphatic heterocycles. The van der Waals surface area contributed by atoms with Gasteiger partial charge in [0.05, 0.1) is 13.7 Å². The van der Waals surface area contributed by atoms with E-state index in [1.807, 2.05) is 20.8 Å². The maximum Gasteiger partial charge on any atom is 0.413 e. The van der Waals surface area contributed by atoms with Gasteiger partial charge >= 0.3 is 12.1 Å². The summed E-state index contributed by atoms with van der Waals surface area (Å²) in [5.74, 6) is -0.532. The number of carbonyl (C=O) groups is 2. The molecule has 1 amide bonds. The van der Waals surface area contributed by atoms with Crippen LogP contribution in [-0.4, -0.2) is 48.0 Å². The molecule has 1 saturated heterocycles. The van der Waals surface area contributed by atoms with Crippen LogP contribution in [0.3, 0.4) is 0 Å². The third-order valence-electron chi connectivity index (χ3n) is 3.55. The summed E-state index contributed by atoms with van der Waals surface area (Å²) in [5, 5.41) is 0. The minimum absolute atomic E-state index is 0.0485. The summed E-state index contributed by atoms with van der Waals surface area (Å²) in [6, 6.07) is 0. The van der Waals surface area contributed by atoms with Crippen LogP contribution in [0.1, 0.15) is 48.0 Å². The van der Waals surface area contributed by atoms with Crippen molar-refractivity contribution in [1.82, 2.24) is 4.90 Å². The van der Waals surface area contributed by atoms with Crippen molar-refractivity contribution in [1.29, 1.82) is 0 Å². The van der Waals surface area contributed by atoms with E-state index in [0.29, 0.717) is 0 Å². The summed E-state index contributed by atoms with van der Waals surface area (Å²) in [5.41, 5.74) is -2.33. The lowest BCUT2D eigenvalue weighted by Gasteiger charge is -2.40. The Labute approximate surface area is 138 Å². The second-order valence-corrected chi connectivity index (χ2v) is 7.90. The Morgan fingerprint density at radius 1 is 1.30 bits per heavy atom. The Bertz CT molecular complexity index is 474. The average Bonchev–Trinajstić information content (AvgIpc) is 2.76. The molecule has 6 nitrogen and oxygen atoms in total. The lowest BCUT2D eigenvalue weighted by atomic mass is 9.89. The van der Waals surface area contributed by atoms with Crippen LogP contribution in [0, 0.1) is 5.41 Å². The minimum Gasteiger partial charge on any atom is -0.467 e. The van der Waals surface area contributed by atoms with Crippen LogP contribution in [0.15, 0.2) is 12.7 Å². The zero-order valence-corrected chi connectivity index (χ0v) is 15.3. The van der Waals surface area contributed by atoms with Gasteiger partial charge in [-0.15, -0.1) is 6.58 Å². The Kier molecular flexibility index (Phi) is 5.52. The lowest BCUT2D eigenvalue weighted by Crippen LogP contribution is -2.60. The van der Waals surface area contributed by atoms with E-state index in [4.69, 9.17) is 14.2 Å². The molecule has 1 heterocycles. The zero-order valence-electron chi connectivity index (χ0n) is 15.3. The summed E-state index contributed by atoms with van der Waals surface area (Å²) in [4.78, 5) is 26.7. The largest absolute Gasteiger partial charge is 0.467 e. The van der Waals surface area contributed by atoms with Crippen molar-refractivity contribution in [2.75, 3.05) is 13.7 Å². The van der Waals surface area contributed by atoms with Crippen molar-refractivity contribution in [2.45, 2.75) is 65.3 Å². The van der Waals surface area contributed by atoms with Crippen molar-refractivity contribution in [3.8, 4) is 0 Å². The zero-order chi connectivity index (χ0) is 18.1. The molecule has 1 fully saturated rings. The fourth-order valence-electron chi connectivity index (χ4n) is 2.63. The van der Waals surface area contributed by atoms with Crippen molar-refractivity contribution < 1.29 is 23.8 Å². The molecule has 2 atom stereocenters. The normalized spacial score (nSPS) is 25.2. The van der Waals surface area contributed by atoms with Gasteiger partial charge in [0.15, 0.2) is 5.54 Å². The predicted octanol–water partition coefficient (Wildman–Crippen LogP) is 3.11. The van der Waals surface area contributed by atoms with E-state index in [9.17, 15) is 9.59 Å². The highest BCUT2D eigenvalue weighted by molar-refractivity contribution is 5.87. The Morgan fingerprint density at radius 3 is 2.26 bits per heavy atom. The first-order valence-electron chi connectivity index (χ1n) is 7.72. The SMILES string of the molecule is C=CC[C@]1(C(=O)OC)CO[C@@H](C(C)(C)C)N1C(=O)OC(C)(C)C. The predicted molar refractivity (Wildman–Crippen MR) is 86.8 cm³/mol. The van der Waals surface area contributed by atoms with Crippen LogP contribution in [-0.2, 0) is 19.0 Å². The average molecular weight is 327 g/mol. The number of carbonyl (C=O) groups excluding carboxylic acids is 2. The molecule has 0 aromatic carbocycles. The number of rotatable bonds is 3. The van der Waals surface area contributed by atoms with E-state index in [1.165, 1.54) is 12.0 Å². The third kappa shape index (κ3) is 4.05. The van der Waals surface area contributed by atoms with Gasteiger partial charge in [-0.3, -0.25) is 4.90 Å². The second-order valence-electron chi connectivity index (χ2n) is 7.90. The van der Waals surface area contributed by atoms with Crippen molar-refractivity contribution in [2.24, 2.45) is 5.41 Å². The third-order valence-corrected chi connectivity index (χ3v) is 3.55. The van der Waals surface area contributed by atoms with E-state index in [2.05, 4.69) is 6.58 Å². The van der Waals surface area contributed by atoms with Gasteiger partial charge in [-0.05, 0) is 20.8 Å². The molecular weight excluding hydrogens is 298 g/mol. The summed E-state index contributed by atoms with van der Waals surface area (Å²) < 4.78 is 16.3. The second kappa shape index (κ2) is 6.51. The number of hydrogen-bond acceptors (Lipinski definition) is 5. The number of ether oxygens (including phenoxy) is 3. The standard InChI is InChI=1S/C17H29NO5/c1-9-10-17(13(19)21-8)11-22-12(15(2,3)4)18(17)14(20)23-16(5,6)7/h9,12H,1,10-11H2,2-8H3/t12-,17+/m0/s1. The fourth-order valence-corrected chi connectivity index (χ4v) is 2.63. The van der Waals surface area contributed by atoms with Crippen LogP contribution in [0.2, 0.25) is 0 Å². The molecule has 23 heavy (non-hydrogen) atoms. The van der Waals surface area contributed by atoms with E-state index in [-0.39, 0.29) is 13.0 Å². The maximum absolute atomic E-state index is 12.8. The van der Waals surface area contributed by atoms with Crippen molar-refractivity contribution in [3.63, 3.8) is 0 Å². The summed E-state index contributed by atoms with van der Waals surface area (Å²) >= 11 is 0. The molecular formula is C17H29NO5. The monoisotopic (exact) mass is 327 g/mol. The van der Waals surface area contributed by atoms with Gasteiger partial charge in [0, 0.05) is 11.8 Å². The van der Waals surface area contributed by atoms with E-state index in [1.54, 1.807) is 26.8 Å². The molecule has 0 bridgehead atoms. The van der Waals surface area contributed by atoms with Crippen LogP contribution in [0.5, 0.6) is 0 Å². The van der Waals surface area contributed by atoms with Crippen LogP contribution < -0.4 is 0 Å². The molecule has 6 heteroatoms. The van der Waals surface area contributed by atoms with Gasteiger partial charge in [-0.1, -0.05) is 26.8 Å². The van der Waals surface area contributed by atoms with E-state index in [0.717, 1.165) is 0 Å². The van der Waals surface area contributed by atoms with Crippen molar-refractivity contribution in [3.05, 3.63) is 12.7 Å². The molecule has 0 aliphatic carbocycles. The van der Waals surface area contributed by atoms with Crippen LogP contribution in [0.25, 0.3) is 0 Å². The fraction of sp³-hybridized carbons (Fsp3) is 0.765. The quantitative estimate of drug-likeness (QED) is 0.588. The molecule has 1 aliphatic rings. The van der Waals surface area contributed by atoms with Gasteiger partial charge in [0.25, 0.3) is 0 Å². The highest BCUT2D eigenvalue weighted by Gasteiger charge is 2.59. The van der Waals surface area contributed by atoms with Crippen LogP contribution >= 0.6 is 0 Å². The van der Waals surface area contributed by atoms with Gasteiger partial charge in [-0.2, -0.15) is 0 Å². The summed E-state index contributed by atoms with van der Waals surface area (Å²) in [6.07, 6.45) is 0.618. The van der Waals surface area contributed by atoms with Gasteiger partial charge in [0.1, 0.15) is 11.8 Å². The maximum atomic E-state index is 12.8. The number of nitrogens with zero attached hydrogens (tertiary/aromatic N) is 1. The number of methoxy groups -OCH3 is 1. The number of esters is 1. The molecule has 132 valence electrons. The Hall–Kier alpha value is -1.56. The van der Waals surface area contributed by atoms with Gasteiger partial charge in [0.2, 0.25) is 0 Å². The number of amides is 1. The molecule has 0 radical (unpaired) electrons. The molecule has 0 aromatic rings. The summed E-state index contributed by atoms with van der Waals surface area (Å²) in [7, 11) is 1.30. The topological polar surface area (TPSA) is 65.1 Å². The first-order valence-corrected chi connectivity index (χ1v) is 7.72.